The van der Waals surface area contributed by atoms with Crippen LogP contribution in [0.25, 0.3) is 0 Å². The van der Waals surface area contributed by atoms with Crippen molar-refractivity contribution in [3.8, 4) is 0 Å². The molecule has 2 unspecified atom stereocenters. The highest BCUT2D eigenvalue weighted by molar-refractivity contribution is 6.31. The van der Waals surface area contributed by atoms with Gasteiger partial charge in [0, 0.05) is 29.8 Å². The number of rotatable bonds is 5. The van der Waals surface area contributed by atoms with Crippen molar-refractivity contribution in [2.45, 2.75) is 31.9 Å². The molecular weight excluding hydrogens is 262 g/mol. The summed E-state index contributed by atoms with van der Waals surface area (Å²) in [5.41, 5.74) is 7.02. The number of ether oxygens (including phenoxy) is 2. The topological polar surface area (TPSA) is 44.5 Å². The molecule has 1 aromatic carbocycles. The highest BCUT2D eigenvalue weighted by atomic mass is 35.5. The normalized spacial score (nSPS) is 20.2. The van der Waals surface area contributed by atoms with E-state index in [2.05, 4.69) is 0 Å². The summed E-state index contributed by atoms with van der Waals surface area (Å²) in [5, 5.41) is 0.719. The summed E-state index contributed by atoms with van der Waals surface area (Å²) in [7, 11) is 0. The van der Waals surface area contributed by atoms with Crippen molar-refractivity contribution in [2.24, 2.45) is 11.7 Å². The molecule has 0 spiro atoms. The van der Waals surface area contributed by atoms with Gasteiger partial charge in [0.25, 0.3) is 0 Å². The van der Waals surface area contributed by atoms with Crippen LogP contribution in [-0.2, 0) is 9.47 Å². The van der Waals surface area contributed by atoms with Crippen molar-refractivity contribution in [3.05, 3.63) is 34.9 Å². The van der Waals surface area contributed by atoms with Crippen LogP contribution in [0.4, 0.5) is 0 Å². The van der Waals surface area contributed by atoms with Gasteiger partial charge in [-0.05, 0) is 31.7 Å². The Balaban J connectivity index is 1.98. The Kier molecular flexibility index (Phi) is 5.64. The molecule has 1 aliphatic rings. The van der Waals surface area contributed by atoms with Gasteiger partial charge in [-0.15, -0.1) is 0 Å². The molecule has 1 aromatic rings. The SMILES string of the molecule is CC(N)C(OCC1CCOCC1)c1ccccc1Cl. The van der Waals surface area contributed by atoms with Crippen LogP contribution >= 0.6 is 11.6 Å². The summed E-state index contributed by atoms with van der Waals surface area (Å²) in [4.78, 5) is 0. The smallest absolute Gasteiger partial charge is 0.0987 e. The van der Waals surface area contributed by atoms with E-state index in [-0.39, 0.29) is 12.1 Å². The third-order valence-corrected chi connectivity index (χ3v) is 3.89. The zero-order valence-corrected chi connectivity index (χ0v) is 12.1. The lowest BCUT2D eigenvalue weighted by Gasteiger charge is -2.27. The third-order valence-electron chi connectivity index (χ3n) is 3.54. The fourth-order valence-electron chi connectivity index (χ4n) is 2.38. The van der Waals surface area contributed by atoms with E-state index >= 15 is 0 Å². The molecule has 1 heterocycles. The van der Waals surface area contributed by atoms with Gasteiger partial charge in [-0.3, -0.25) is 0 Å². The Morgan fingerprint density at radius 1 is 1.37 bits per heavy atom. The molecule has 1 saturated heterocycles. The molecular formula is C15H22ClNO2. The minimum Gasteiger partial charge on any atom is -0.381 e. The van der Waals surface area contributed by atoms with Gasteiger partial charge in [0.1, 0.15) is 0 Å². The zero-order chi connectivity index (χ0) is 13.7. The van der Waals surface area contributed by atoms with Crippen LogP contribution in [0, 0.1) is 5.92 Å². The number of hydrogen-bond donors (Lipinski definition) is 1. The molecule has 4 heteroatoms. The van der Waals surface area contributed by atoms with Crippen LogP contribution in [0.3, 0.4) is 0 Å². The maximum atomic E-state index is 6.23. The quantitative estimate of drug-likeness (QED) is 0.903. The van der Waals surface area contributed by atoms with Crippen LogP contribution in [0.15, 0.2) is 24.3 Å². The Morgan fingerprint density at radius 3 is 2.68 bits per heavy atom. The van der Waals surface area contributed by atoms with E-state index in [1.807, 2.05) is 31.2 Å². The number of nitrogens with two attached hydrogens (primary N) is 1. The Hall–Kier alpha value is -0.610. The van der Waals surface area contributed by atoms with Crippen molar-refractivity contribution < 1.29 is 9.47 Å². The van der Waals surface area contributed by atoms with E-state index in [9.17, 15) is 0 Å². The second kappa shape index (κ2) is 7.25. The predicted molar refractivity (Wildman–Crippen MR) is 77.3 cm³/mol. The fraction of sp³-hybridized carbons (Fsp3) is 0.600. The summed E-state index contributed by atoms with van der Waals surface area (Å²) in [5.74, 6) is 0.567. The molecule has 106 valence electrons. The lowest BCUT2D eigenvalue weighted by atomic mass is 10.0. The van der Waals surface area contributed by atoms with Gasteiger partial charge in [0.15, 0.2) is 0 Å². The molecule has 1 fully saturated rings. The van der Waals surface area contributed by atoms with Gasteiger partial charge in [0.05, 0.1) is 12.7 Å². The summed E-state index contributed by atoms with van der Waals surface area (Å²) < 4.78 is 11.4. The van der Waals surface area contributed by atoms with Crippen molar-refractivity contribution in [1.29, 1.82) is 0 Å². The second-order valence-electron chi connectivity index (χ2n) is 5.19. The van der Waals surface area contributed by atoms with E-state index in [0.29, 0.717) is 5.92 Å². The molecule has 3 nitrogen and oxygen atoms in total. The molecule has 0 radical (unpaired) electrons. The molecule has 2 N–H and O–H groups in total. The van der Waals surface area contributed by atoms with E-state index in [4.69, 9.17) is 26.8 Å². The van der Waals surface area contributed by atoms with Gasteiger partial charge in [0.2, 0.25) is 0 Å². The third kappa shape index (κ3) is 4.18. The molecule has 0 amide bonds. The van der Waals surface area contributed by atoms with Crippen LogP contribution in [0.1, 0.15) is 31.4 Å². The minimum atomic E-state index is -0.142. The van der Waals surface area contributed by atoms with Crippen LogP contribution in [0.5, 0.6) is 0 Å². The Bertz CT molecular complexity index is 391. The lowest BCUT2D eigenvalue weighted by Crippen LogP contribution is -2.30. The summed E-state index contributed by atoms with van der Waals surface area (Å²) in [6.07, 6.45) is 1.99. The molecule has 2 rings (SSSR count). The first-order valence-electron chi connectivity index (χ1n) is 6.88. The molecule has 19 heavy (non-hydrogen) atoms. The highest BCUT2D eigenvalue weighted by Crippen LogP contribution is 2.28. The van der Waals surface area contributed by atoms with Gasteiger partial charge < -0.3 is 15.2 Å². The highest BCUT2D eigenvalue weighted by Gasteiger charge is 2.22. The first-order chi connectivity index (χ1) is 9.18. The van der Waals surface area contributed by atoms with E-state index in [1.54, 1.807) is 0 Å². The largest absolute Gasteiger partial charge is 0.381 e. The molecule has 0 bridgehead atoms. The van der Waals surface area contributed by atoms with Gasteiger partial charge in [-0.1, -0.05) is 29.8 Å². The first kappa shape index (κ1) is 14.8. The van der Waals surface area contributed by atoms with Crippen molar-refractivity contribution in [3.63, 3.8) is 0 Å². The second-order valence-corrected chi connectivity index (χ2v) is 5.60. The number of halogens is 1. The predicted octanol–water partition coefficient (Wildman–Crippen LogP) is 3.17. The summed E-state index contributed by atoms with van der Waals surface area (Å²) in [6.45, 7) is 4.35. The summed E-state index contributed by atoms with van der Waals surface area (Å²) in [6, 6.07) is 7.67. The summed E-state index contributed by atoms with van der Waals surface area (Å²) >= 11 is 6.23. The van der Waals surface area contributed by atoms with Crippen LogP contribution in [0.2, 0.25) is 5.02 Å². The minimum absolute atomic E-state index is 0.0836. The standard InChI is InChI=1S/C15H22ClNO2/c1-11(17)15(13-4-2-3-5-14(13)16)19-10-12-6-8-18-9-7-12/h2-5,11-12,15H,6-10,17H2,1H3. The molecule has 0 aromatic heterocycles. The van der Waals surface area contributed by atoms with E-state index < -0.39 is 0 Å². The Labute approximate surface area is 120 Å². The van der Waals surface area contributed by atoms with Gasteiger partial charge in [-0.25, -0.2) is 0 Å². The van der Waals surface area contributed by atoms with Crippen molar-refractivity contribution >= 4 is 11.6 Å². The molecule has 1 aliphatic heterocycles. The number of hydrogen-bond acceptors (Lipinski definition) is 3. The monoisotopic (exact) mass is 283 g/mol. The average Bonchev–Trinajstić information content (AvgIpc) is 2.42. The maximum Gasteiger partial charge on any atom is 0.0987 e. The molecule has 0 saturated carbocycles. The van der Waals surface area contributed by atoms with Crippen LogP contribution in [-0.4, -0.2) is 25.9 Å². The average molecular weight is 284 g/mol. The number of benzene rings is 1. The first-order valence-corrected chi connectivity index (χ1v) is 7.25. The Morgan fingerprint density at radius 2 is 2.05 bits per heavy atom. The van der Waals surface area contributed by atoms with Crippen LogP contribution < -0.4 is 5.73 Å². The van der Waals surface area contributed by atoms with Gasteiger partial charge >= 0.3 is 0 Å². The molecule has 2 atom stereocenters. The lowest BCUT2D eigenvalue weighted by molar-refractivity contribution is -0.0187. The van der Waals surface area contributed by atoms with Gasteiger partial charge in [-0.2, -0.15) is 0 Å². The maximum absolute atomic E-state index is 6.23. The fourth-order valence-corrected chi connectivity index (χ4v) is 2.63. The van der Waals surface area contributed by atoms with E-state index in [0.717, 1.165) is 43.2 Å². The van der Waals surface area contributed by atoms with Crippen molar-refractivity contribution in [1.82, 2.24) is 0 Å². The zero-order valence-electron chi connectivity index (χ0n) is 11.3. The molecule has 0 aliphatic carbocycles. The van der Waals surface area contributed by atoms with E-state index in [1.165, 1.54) is 0 Å². The van der Waals surface area contributed by atoms with Crippen molar-refractivity contribution in [2.75, 3.05) is 19.8 Å².